The summed E-state index contributed by atoms with van der Waals surface area (Å²) in [4.78, 5) is 27.4. The van der Waals surface area contributed by atoms with Crippen molar-refractivity contribution in [1.82, 2.24) is 14.3 Å². The van der Waals surface area contributed by atoms with Gasteiger partial charge in [0.05, 0.1) is 5.52 Å². The predicted molar refractivity (Wildman–Crippen MR) is 89.4 cm³/mol. The summed E-state index contributed by atoms with van der Waals surface area (Å²) in [6.45, 7) is -0.0653. The number of rotatable bonds is 6. The molecule has 1 fully saturated rings. The molecule has 1 aliphatic carbocycles. The molecule has 0 amide bonds. The number of fused-ring (bicyclic) bond motifs is 1. The zero-order valence-electron chi connectivity index (χ0n) is 13.6. The van der Waals surface area contributed by atoms with Crippen molar-refractivity contribution in [3.63, 3.8) is 0 Å². The van der Waals surface area contributed by atoms with Gasteiger partial charge in [-0.15, -0.1) is 0 Å². The lowest BCUT2D eigenvalue weighted by Crippen LogP contribution is -2.38. The Morgan fingerprint density at radius 3 is 2.72 bits per heavy atom. The maximum Gasteiger partial charge on any atom is 0.341 e. The van der Waals surface area contributed by atoms with Crippen LogP contribution in [0.1, 0.15) is 23.2 Å². The fourth-order valence-electron chi connectivity index (χ4n) is 2.70. The predicted octanol–water partition coefficient (Wildman–Crippen LogP) is 0.0923. The first-order valence-electron chi connectivity index (χ1n) is 7.50. The van der Waals surface area contributed by atoms with Crippen LogP contribution < -0.4 is 15.0 Å². The molecule has 2 aromatic rings. The molecule has 1 aliphatic rings. The molecule has 10 heteroatoms. The number of hydrogen-bond donors (Lipinski definition) is 2. The molecule has 0 bridgehead atoms. The van der Waals surface area contributed by atoms with Crippen molar-refractivity contribution >= 4 is 27.0 Å². The first-order valence-corrected chi connectivity index (χ1v) is 8.99. The maximum absolute atomic E-state index is 12.2. The fraction of sp³-hybridized carbons (Fsp3) is 0.400. The van der Waals surface area contributed by atoms with E-state index in [9.17, 15) is 18.0 Å². The number of sulfonamides is 1. The van der Waals surface area contributed by atoms with E-state index in [1.54, 1.807) is 0 Å². The molecule has 2 heterocycles. The van der Waals surface area contributed by atoms with Gasteiger partial charge in [0.15, 0.2) is 0 Å². The minimum absolute atomic E-state index is 0.0653. The number of pyridine rings is 2. The van der Waals surface area contributed by atoms with Crippen molar-refractivity contribution in [3.8, 4) is 5.75 Å². The van der Waals surface area contributed by atoms with Gasteiger partial charge in [-0.25, -0.2) is 17.9 Å². The molecule has 0 aromatic carbocycles. The van der Waals surface area contributed by atoms with E-state index >= 15 is 0 Å². The Balaban J connectivity index is 2.03. The monoisotopic (exact) mass is 367 g/mol. The van der Waals surface area contributed by atoms with Crippen LogP contribution in [-0.2, 0) is 17.1 Å². The van der Waals surface area contributed by atoms with E-state index < -0.39 is 31.9 Å². The van der Waals surface area contributed by atoms with Crippen molar-refractivity contribution in [1.29, 1.82) is 0 Å². The van der Waals surface area contributed by atoms with E-state index in [0.29, 0.717) is 18.4 Å². The highest BCUT2D eigenvalue weighted by Gasteiger charge is 2.55. The van der Waals surface area contributed by atoms with Crippen LogP contribution in [0.25, 0.3) is 11.0 Å². The average molecular weight is 367 g/mol. The van der Waals surface area contributed by atoms with Gasteiger partial charge in [0, 0.05) is 19.3 Å². The number of nitrogens with one attached hydrogen (secondary N) is 1. The van der Waals surface area contributed by atoms with Crippen LogP contribution in [0, 0.1) is 0 Å². The number of aromatic nitrogens is 2. The number of carboxylic acids is 1. The van der Waals surface area contributed by atoms with Crippen molar-refractivity contribution in [2.24, 2.45) is 7.05 Å². The largest absolute Gasteiger partial charge is 0.490 e. The lowest BCUT2D eigenvalue weighted by Gasteiger charge is -2.18. The minimum Gasteiger partial charge on any atom is -0.490 e. The molecule has 25 heavy (non-hydrogen) atoms. The molecule has 0 unspecified atom stereocenters. The third-order valence-corrected chi connectivity index (χ3v) is 6.64. The lowest BCUT2D eigenvalue weighted by molar-refractivity contribution is 0.0694. The first kappa shape index (κ1) is 17.4. The number of carbonyl (C=O) groups is 1. The van der Waals surface area contributed by atoms with Crippen LogP contribution in [0.15, 0.2) is 23.1 Å². The Morgan fingerprint density at radius 1 is 1.48 bits per heavy atom. The third kappa shape index (κ3) is 2.76. The summed E-state index contributed by atoms with van der Waals surface area (Å²) in [5.41, 5.74) is -0.494. The third-order valence-electron chi connectivity index (χ3n) is 4.43. The number of aryl methyl sites for hydroxylation is 1. The molecule has 0 radical (unpaired) electrons. The summed E-state index contributed by atoms with van der Waals surface area (Å²) in [6, 6.07) is 2.70. The standard InChI is InChI=1S/C15H17N3O6S/c1-16-25(22,23)15(4-5-15)8-24-11-3-6-17-10-7-9(14(20)21)13(19)18(2)12(10)11/h3,6-7,16H,4-5,8H2,1-2H3,(H,20,21). The van der Waals surface area contributed by atoms with Crippen LogP contribution in [0.4, 0.5) is 0 Å². The molecule has 134 valence electrons. The van der Waals surface area contributed by atoms with Crippen LogP contribution >= 0.6 is 0 Å². The Bertz CT molecular complexity index is 1020. The number of nitrogens with zero attached hydrogens (tertiary/aromatic N) is 2. The second-order valence-corrected chi connectivity index (χ2v) is 8.23. The van der Waals surface area contributed by atoms with Gasteiger partial charge in [-0.05, 0) is 26.0 Å². The number of carboxylic acid groups (broad SMARTS) is 1. The maximum atomic E-state index is 12.2. The Kier molecular flexibility index (Phi) is 4.04. The SMILES string of the molecule is CNS(=O)(=O)C1(COc2ccnc3cc(C(=O)O)c(=O)n(C)c23)CC1. The molecular formula is C15H17N3O6S. The minimum atomic E-state index is -3.48. The normalized spacial score (nSPS) is 15.9. The lowest BCUT2D eigenvalue weighted by atomic mass is 10.2. The van der Waals surface area contributed by atoms with Crippen molar-refractivity contribution in [2.45, 2.75) is 17.6 Å². The summed E-state index contributed by atoms with van der Waals surface area (Å²) in [7, 11) is -0.708. The van der Waals surface area contributed by atoms with E-state index in [1.165, 1.54) is 32.4 Å². The Morgan fingerprint density at radius 2 is 2.16 bits per heavy atom. The molecule has 0 spiro atoms. The number of aromatic carboxylic acids is 1. The molecule has 9 nitrogen and oxygen atoms in total. The molecule has 0 aliphatic heterocycles. The van der Waals surface area contributed by atoms with Crippen LogP contribution in [0.3, 0.4) is 0 Å². The number of hydrogen-bond acceptors (Lipinski definition) is 6. The number of ether oxygens (including phenoxy) is 1. The van der Waals surface area contributed by atoms with Crippen LogP contribution in [0.5, 0.6) is 5.75 Å². The molecule has 2 aromatic heterocycles. The van der Waals surface area contributed by atoms with Crippen LogP contribution in [0.2, 0.25) is 0 Å². The van der Waals surface area contributed by atoms with E-state index in [4.69, 9.17) is 9.84 Å². The van der Waals surface area contributed by atoms with Gasteiger partial charge < -0.3 is 14.4 Å². The summed E-state index contributed by atoms with van der Waals surface area (Å²) in [5, 5.41) is 9.11. The second-order valence-electron chi connectivity index (χ2n) is 5.95. The molecule has 0 saturated heterocycles. The summed E-state index contributed by atoms with van der Waals surface area (Å²) >= 11 is 0. The average Bonchev–Trinajstić information content (AvgIpc) is 3.37. The smallest absolute Gasteiger partial charge is 0.341 e. The van der Waals surface area contributed by atoms with Gasteiger partial charge in [0.25, 0.3) is 5.56 Å². The molecule has 2 N–H and O–H groups in total. The highest BCUT2D eigenvalue weighted by Crippen LogP contribution is 2.43. The summed E-state index contributed by atoms with van der Waals surface area (Å²) in [6.07, 6.45) is 2.39. The highest BCUT2D eigenvalue weighted by molar-refractivity contribution is 7.91. The van der Waals surface area contributed by atoms with Crippen molar-refractivity contribution < 1.29 is 23.1 Å². The zero-order chi connectivity index (χ0) is 18.4. The molecule has 3 rings (SSSR count). The van der Waals surface area contributed by atoms with Crippen molar-refractivity contribution in [3.05, 3.63) is 34.2 Å². The zero-order valence-corrected chi connectivity index (χ0v) is 14.5. The Labute approximate surface area is 143 Å². The molecular weight excluding hydrogens is 350 g/mol. The topological polar surface area (TPSA) is 128 Å². The van der Waals surface area contributed by atoms with Gasteiger partial charge in [-0.3, -0.25) is 9.78 Å². The van der Waals surface area contributed by atoms with Gasteiger partial charge in [0.1, 0.15) is 28.2 Å². The van der Waals surface area contributed by atoms with Gasteiger partial charge in [-0.1, -0.05) is 0 Å². The van der Waals surface area contributed by atoms with E-state index in [-0.39, 0.29) is 17.9 Å². The summed E-state index contributed by atoms with van der Waals surface area (Å²) < 4.78 is 32.4. The van der Waals surface area contributed by atoms with E-state index in [1.807, 2.05) is 0 Å². The van der Waals surface area contributed by atoms with E-state index in [0.717, 1.165) is 4.57 Å². The highest BCUT2D eigenvalue weighted by atomic mass is 32.2. The van der Waals surface area contributed by atoms with Gasteiger partial charge in [0.2, 0.25) is 10.0 Å². The quantitative estimate of drug-likeness (QED) is 0.741. The fourth-order valence-corrected chi connectivity index (χ4v) is 3.99. The molecule has 0 atom stereocenters. The second kappa shape index (κ2) is 5.81. The van der Waals surface area contributed by atoms with Crippen LogP contribution in [-0.4, -0.2) is 47.4 Å². The van der Waals surface area contributed by atoms with Gasteiger partial charge in [-0.2, -0.15) is 0 Å². The summed E-state index contributed by atoms with van der Waals surface area (Å²) in [5.74, 6) is -1.06. The van der Waals surface area contributed by atoms with Gasteiger partial charge >= 0.3 is 5.97 Å². The molecule has 1 saturated carbocycles. The van der Waals surface area contributed by atoms with E-state index in [2.05, 4.69) is 9.71 Å². The first-order chi connectivity index (χ1) is 11.7. The van der Waals surface area contributed by atoms with Crippen molar-refractivity contribution in [2.75, 3.05) is 13.7 Å². The Hall–Kier alpha value is -2.46.